The van der Waals surface area contributed by atoms with Gasteiger partial charge in [0, 0.05) is 0 Å². The molecule has 1 atom stereocenters. The van der Waals surface area contributed by atoms with Gasteiger partial charge in [-0.25, -0.2) is 0 Å². The van der Waals surface area contributed by atoms with E-state index in [1.807, 2.05) is 0 Å². The molecule has 1 aromatic rings. The van der Waals surface area contributed by atoms with Crippen molar-refractivity contribution in [1.29, 1.82) is 0 Å². The molecule has 7 heteroatoms. The van der Waals surface area contributed by atoms with Gasteiger partial charge in [0.2, 0.25) is 5.91 Å². The number of hydrogen-bond acceptors (Lipinski definition) is 3. The maximum atomic E-state index is 12.8. The molecule has 1 fully saturated rings. The Morgan fingerprint density at radius 2 is 2.05 bits per heavy atom. The van der Waals surface area contributed by atoms with Gasteiger partial charge >= 0.3 is 6.18 Å². The lowest BCUT2D eigenvalue weighted by Crippen LogP contribution is -2.47. The van der Waals surface area contributed by atoms with E-state index in [0.29, 0.717) is 12.8 Å². The lowest BCUT2D eigenvalue weighted by Gasteiger charge is -2.19. The van der Waals surface area contributed by atoms with Crippen LogP contribution in [-0.2, 0) is 11.0 Å². The monoisotopic (exact) mass is 302 g/mol. The lowest BCUT2D eigenvalue weighted by molar-refractivity contribution is -0.139. The van der Waals surface area contributed by atoms with Crippen LogP contribution in [0.4, 0.5) is 13.2 Å². The summed E-state index contributed by atoms with van der Waals surface area (Å²) in [5.41, 5.74) is 4.09. The van der Waals surface area contributed by atoms with Crippen LogP contribution in [-0.4, -0.2) is 24.1 Å². The van der Waals surface area contributed by atoms with Crippen LogP contribution in [0.3, 0.4) is 0 Å². The topological polar surface area (TPSA) is 64.3 Å². The molecule has 0 heterocycles. The molecular formula is C14H17F3N2O2. The Bertz CT molecular complexity index is 527. The van der Waals surface area contributed by atoms with E-state index in [1.165, 1.54) is 18.2 Å². The number of nitrogens with two attached hydrogens (primary N) is 1. The molecule has 0 aromatic heterocycles. The van der Waals surface area contributed by atoms with Gasteiger partial charge in [0.05, 0.1) is 17.1 Å². The molecular weight excluding hydrogens is 285 g/mol. The zero-order valence-corrected chi connectivity index (χ0v) is 11.5. The van der Waals surface area contributed by atoms with Crippen LogP contribution >= 0.6 is 0 Å². The summed E-state index contributed by atoms with van der Waals surface area (Å²) in [5.74, 6) is -0.539. The minimum absolute atomic E-state index is 0.0606. The number of nitrogens with one attached hydrogen (secondary N) is 1. The van der Waals surface area contributed by atoms with E-state index >= 15 is 0 Å². The third kappa shape index (κ3) is 3.87. The first-order chi connectivity index (χ1) is 9.72. The summed E-state index contributed by atoms with van der Waals surface area (Å²) in [6, 6.07) is 4.54. The van der Waals surface area contributed by atoms with E-state index in [2.05, 4.69) is 5.32 Å². The highest BCUT2D eigenvalue weighted by Crippen LogP contribution is 2.36. The molecule has 4 nitrogen and oxygen atoms in total. The molecule has 0 bridgehead atoms. The van der Waals surface area contributed by atoms with Crippen molar-refractivity contribution >= 4 is 5.91 Å². The lowest BCUT2D eigenvalue weighted by atomic mass is 10.2. The highest BCUT2D eigenvalue weighted by molar-refractivity contribution is 5.89. The Morgan fingerprint density at radius 3 is 2.62 bits per heavy atom. The standard InChI is InChI=1S/C14H17F3N2O2/c1-9(19-12(20)13(18)6-7-13)8-21-11-5-3-2-4-10(11)14(15,16)17/h2-5,9H,6-8,18H2,1H3,(H,19,20). The van der Waals surface area contributed by atoms with Crippen molar-refractivity contribution in [2.45, 2.75) is 37.5 Å². The minimum atomic E-state index is -4.47. The van der Waals surface area contributed by atoms with Crippen molar-refractivity contribution in [3.8, 4) is 5.75 Å². The number of rotatable bonds is 5. The molecule has 1 saturated carbocycles. The zero-order valence-electron chi connectivity index (χ0n) is 11.5. The predicted octanol–water partition coefficient (Wildman–Crippen LogP) is 2.08. The Kier molecular flexibility index (Phi) is 4.13. The highest BCUT2D eigenvalue weighted by atomic mass is 19.4. The van der Waals surface area contributed by atoms with Crippen LogP contribution in [0, 0.1) is 0 Å². The fourth-order valence-electron chi connectivity index (χ4n) is 1.81. The number of para-hydroxylation sites is 1. The molecule has 21 heavy (non-hydrogen) atoms. The first-order valence-corrected chi connectivity index (χ1v) is 6.61. The van der Waals surface area contributed by atoms with Gasteiger partial charge in [-0.1, -0.05) is 12.1 Å². The first kappa shape index (κ1) is 15.6. The molecule has 1 unspecified atom stereocenters. The summed E-state index contributed by atoms with van der Waals surface area (Å²) < 4.78 is 43.5. The maximum Gasteiger partial charge on any atom is 0.419 e. The third-order valence-corrected chi connectivity index (χ3v) is 3.30. The first-order valence-electron chi connectivity index (χ1n) is 6.61. The van der Waals surface area contributed by atoms with E-state index in [0.717, 1.165) is 6.07 Å². The molecule has 0 radical (unpaired) electrons. The van der Waals surface area contributed by atoms with Crippen LogP contribution < -0.4 is 15.8 Å². The molecule has 3 N–H and O–H groups in total. The minimum Gasteiger partial charge on any atom is -0.491 e. The van der Waals surface area contributed by atoms with Gasteiger partial charge in [-0.15, -0.1) is 0 Å². The Morgan fingerprint density at radius 1 is 1.43 bits per heavy atom. The number of carbonyl (C=O) groups excluding carboxylic acids is 1. The van der Waals surface area contributed by atoms with E-state index in [1.54, 1.807) is 6.92 Å². The summed E-state index contributed by atoms with van der Waals surface area (Å²) in [7, 11) is 0. The Labute approximate surface area is 120 Å². The van der Waals surface area contributed by atoms with E-state index in [-0.39, 0.29) is 18.3 Å². The number of hydrogen-bond donors (Lipinski definition) is 2. The molecule has 0 spiro atoms. The molecule has 1 aliphatic carbocycles. The van der Waals surface area contributed by atoms with Gasteiger partial charge in [-0.2, -0.15) is 13.2 Å². The van der Waals surface area contributed by atoms with E-state index in [9.17, 15) is 18.0 Å². The molecule has 1 aliphatic rings. The molecule has 0 saturated heterocycles. The van der Waals surface area contributed by atoms with Crippen molar-refractivity contribution in [1.82, 2.24) is 5.32 Å². The molecule has 1 amide bonds. The molecule has 2 rings (SSSR count). The second-order valence-electron chi connectivity index (χ2n) is 5.34. The number of halogens is 3. The zero-order chi connectivity index (χ0) is 15.7. The van der Waals surface area contributed by atoms with Crippen LogP contribution in [0.1, 0.15) is 25.3 Å². The summed E-state index contributed by atoms with van der Waals surface area (Å²) in [4.78, 5) is 11.7. The third-order valence-electron chi connectivity index (χ3n) is 3.30. The molecule has 0 aliphatic heterocycles. The second kappa shape index (κ2) is 5.55. The molecule has 116 valence electrons. The van der Waals surface area contributed by atoms with Crippen molar-refractivity contribution in [2.24, 2.45) is 5.73 Å². The highest BCUT2D eigenvalue weighted by Gasteiger charge is 2.46. The van der Waals surface area contributed by atoms with Crippen LogP contribution in [0.25, 0.3) is 0 Å². The summed E-state index contributed by atoms with van der Waals surface area (Å²) in [5, 5.41) is 2.64. The van der Waals surface area contributed by atoms with Crippen LogP contribution in [0.15, 0.2) is 24.3 Å². The second-order valence-corrected chi connectivity index (χ2v) is 5.34. The molecule has 1 aromatic carbocycles. The summed E-state index contributed by atoms with van der Waals surface area (Å²) in [6.45, 7) is 1.59. The van der Waals surface area contributed by atoms with Crippen molar-refractivity contribution in [3.05, 3.63) is 29.8 Å². The fraction of sp³-hybridized carbons (Fsp3) is 0.500. The van der Waals surface area contributed by atoms with Crippen molar-refractivity contribution < 1.29 is 22.7 Å². The largest absolute Gasteiger partial charge is 0.491 e. The van der Waals surface area contributed by atoms with E-state index < -0.39 is 23.3 Å². The average molecular weight is 302 g/mol. The summed E-state index contributed by atoms with van der Waals surface area (Å²) in [6.07, 6.45) is -3.22. The fourth-order valence-corrected chi connectivity index (χ4v) is 1.81. The summed E-state index contributed by atoms with van der Waals surface area (Å²) >= 11 is 0. The number of ether oxygens (including phenoxy) is 1. The van der Waals surface area contributed by atoms with E-state index in [4.69, 9.17) is 10.5 Å². The van der Waals surface area contributed by atoms with Gasteiger partial charge in [0.25, 0.3) is 0 Å². The van der Waals surface area contributed by atoms with Crippen molar-refractivity contribution in [2.75, 3.05) is 6.61 Å². The Hall–Kier alpha value is -1.76. The van der Waals surface area contributed by atoms with Crippen LogP contribution in [0.5, 0.6) is 5.75 Å². The number of carbonyl (C=O) groups is 1. The van der Waals surface area contributed by atoms with Gasteiger partial charge in [-0.05, 0) is 31.9 Å². The maximum absolute atomic E-state index is 12.8. The smallest absolute Gasteiger partial charge is 0.419 e. The number of amides is 1. The van der Waals surface area contributed by atoms with Gasteiger partial charge in [0.15, 0.2) is 0 Å². The SMILES string of the molecule is CC(COc1ccccc1C(F)(F)F)NC(=O)C1(N)CC1. The van der Waals surface area contributed by atoms with Crippen LogP contribution in [0.2, 0.25) is 0 Å². The number of alkyl halides is 3. The predicted molar refractivity (Wildman–Crippen MR) is 70.7 cm³/mol. The van der Waals surface area contributed by atoms with Crippen molar-refractivity contribution in [3.63, 3.8) is 0 Å². The Balaban J connectivity index is 1.92. The number of benzene rings is 1. The quantitative estimate of drug-likeness (QED) is 0.875. The van der Waals surface area contributed by atoms with Gasteiger partial charge < -0.3 is 15.8 Å². The normalized spacial score (nSPS) is 18.0. The van der Waals surface area contributed by atoms with Gasteiger partial charge in [-0.3, -0.25) is 4.79 Å². The average Bonchev–Trinajstić information content (AvgIpc) is 3.15. The van der Waals surface area contributed by atoms with Gasteiger partial charge in [0.1, 0.15) is 12.4 Å².